The number of hydrogen-bond donors (Lipinski definition) is 1. The molecule has 0 fully saturated rings. The van der Waals surface area contributed by atoms with Crippen LogP contribution < -0.4 is 15.9 Å². The van der Waals surface area contributed by atoms with Crippen LogP contribution in [0.25, 0.3) is 0 Å². The average Bonchev–Trinajstić information content (AvgIpc) is 1.82. The SMILES string of the molecule is N[C@@H](CCC(=O)[O-])C(=O)[O-].[Sn+2]. The van der Waals surface area contributed by atoms with Gasteiger partial charge in [-0.25, -0.2) is 0 Å². The molecule has 5 nitrogen and oxygen atoms in total. The van der Waals surface area contributed by atoms with Gasteiger partial charge >= 0.3 is 23.9 Å². The summed E-state index contributed by atoms with van der Waals surface area (Å²) in [6.07, 6.45) is -0.500. The van der Waals surface area contributed by atoms with E-state index in [1.165, 1.54) is 0 Å². The van der Waals surface area contributed by atoms with Gasteiger partial charge in [-0.15, -0.1) is 0 Å². The Morgan fingerprint density at radius 3 is 2.09 bits per heavy atom. The van der Waals surface area contributed by atoms with Gasteiger partial charge in [-0.05, 0) is 12.8 Å². The van der Waals surface area contributed by atoms with Gasteiger partial charge in [0.25, 0.3) is 0 Å². The van der Waals surface area contributed by atoms with Crippen molar-refractivity contribution in [1.29, 1.82) is 0 Å². The maximum atomic E-state index is 9.86. The molecular weight excluding hydrogens is 257 g/mol. The fourth-order valence-corrected chi connectivity index (χ4v) is 0.391. The first kappa shape index (κ1) is 13.3. The summed E-state index contributed by atoms with van der Waals surface area (Å²) in [7, 11) is 0. The minimum atomic E-state index is -1.44. The molecule has 0 aromatic rings. The molecule has 0 bridgehead atoms. The van der Waals surface area contributed by atoms with Crippen molar-refractivity contribution in [2.45, 2.75) is 18.9 Å². The number of carbonyl (C=O) groups is 2. The summed E-state index contributed by atoms with van der Waals surface area (Å²) in [4.78, 5) is 19.6. The molecule has 0 aliphatic carbocycles. The van der Waals surface area contributed by atoms with Crippen LogP contribution in [0.5, 0.6) is 0 Å². The van der Waals surface area contributed by atoms with E-state index in [9.17, 15) is 19.8 Å². The van der Waals surface area contributed by atoms with Crippen LogP contribution in [0, 0.1) is 0 Å². The number of aliphatic carboxylic acids is 2. The van der Waals surface area contributed by atoms with Crippen LogP contribution in [0.2, 0.25) is 0 Å². The number of rotatable bonds is 4. The van der Waals surface area contributed by atoms with Crippen molar-refractivity contribution < 1.29 is 19.8 Å². The zero-order chi connectivity index (χ0) is 8.15. The van der Waals surface area contributed by atoms with Gasteiger partial charge in [0, 0.05) is 12.0 Å². The topological polar surface area (TPSA) is 106 Å². The van der Waals surface area contributed by atoms with E-state index in [2.05, 4.69) is 0 Å². The van der Waals surface area contributed by atoms with E-state index in [1.807, 2.05) is 0 Å². The molecule has 0 amide bonds. The molecule has 0 saturated carbocycles. The summed E-state index contributed by atoms with van der Waals surface area (Å²) >= 11 is 0. The molecule has 0 rings (SSSR count). The minimum Gasteiger partial charge on any atom is -0.550 e. The molecule has 0 unspecified atom stereocenters. The van der Waals surface area contributed by atoms with E-state index < -0.39 is 18.0 Å². The van der Waals surface area contributed by atoms with Gasteiger partial charge in [0.1, 0.15) is 0 Å². The monoisotopic (exact) mass is 265 g/mol. The molecule has 0 saturated heterocycles. The summed E-state index contributed by atoms with van der Waals surface area (Å²) in [5.74, 6) is -2.75. The summed E-state index contributed by atoms with van der Waals surface area (Å²) in [6, 6.07) is -1.21. The van der Waals surface area contributed by atoms with Gasteiger partial charge < -0.3 is 25.5 Å². The molecule has 0 aliphatic heterocycles. The maximum absolute atomic E-state index is 9.86. The molecule has 0 heterocycles. The second-order valence-corrected chi connectivity index (χ2v) is 1.84. The van der Waals surface area contributed by atoms with E-state index in [0.717, 1.165) is 0 Å². The van der Waals surface area contributed by atoms with E-state index >= 15 is 0 Å². The summed E-state index contributed by atoms with van der Waals surface area (Å²) in [5.41, 5.74) is 4.91. The zero-order valence-corrected chi connectivity index (χ0v) is 8.56. The molecule has 0 aromatic carbocycles. The summed E-state index contributed by atoms with van der Waals surface area (Å²) in [5, 5.41) is 19.6. The first-order valence-corrected chi connectivity index (χ1v) is 2.70. The van der Waals surface area contributed by atoms with Gasteiger partial charge in [0.05, 0.1) is 5.97 Å². The van der Waals surface area contributed by atoms with Gasteiger partial charge in [-0.1, -0.05) is 0 Å². The van der Waals surface area contributed by atoms with Crippen molar-refractivity contribution in [3.8, 4) is 0 Å². The molecule has 0 aromatic heterocycles. The molecule has 2 radical (unpaired) electrons. The van der Waals surface area contributed by atoms with Crippen LogP contribution in [0.15, 0.2) is 0 Å². The molecular formula is C5H7NO4Sn. The molecule has 60 valence electrons. The van der Waals surface area contributed by atoms with Gasteiger partial charge in [-0.3, -0.25) is 0 Å². The van der Waals surface area contributed by atoms with Crippen molar-refractivity contribution in [2.24, 2.45) is 5.73 Å². The molecule has 0 aliphatic rings. The van der Waals surface area contributed by atoms with Crippen molar-refractivity contribution in [3.05, 3.63) is 0 Å². The van der Waals surface area contributed by atoms with Crippen molar-refractivity contribution >= 4 is 35.8 Å². The predicted molar refractivity (Wildman–Crippen MR) is 33.0 cm³/mol. The standard InChI is InChI=1S/C5H9NO4.Sn/c6-3(5(9)10)1-2-4(7)8;/h3H,1-2,6H2,(H,7,8)(H,9,10);/q;+2/p-2/t3-;/m0./s1. The quantitative estimate of drug-likeness (QED) is 0.524. The van der Waals surface area contributed by atoms with Crippen LogP contribution in [-0.4, -0.2) is 41.9 Å². The Bertz CT molecular complexity index is 149. The first-order valence-electron chi connectivity index (χ1n) is 2.70. The maximum Gasteiger partial charge on any atom is 2.00 e. The number of carbonyl (C=O) groups excluding carboxylic acids is 2. The Morgan fingerprint density at radius 1 is 1.36 bits per heavy atom. The fourth-order valence-electron chi connectivity index (χ4n) is 0.391. The van der Waals surface area contributed by atoms with Crippen molar-refractivity contribution in [3.63, 3.8) is 0 Å². The normalized spacial score (nSPS) is 11.4. The van der Waals surface area contributed by atoms with Crippen molar-refractivity contribution in [2.75, 3.05) is 0 Å². The number of carboxylic acids is 2. The van der Waals surface area contributed by atoms with E-state index in [0.29, 0.717) is 0 Å². The van der Waals surface area contributed by atoms with E-state index in [-0.39, 0.29) is 36.7 Å². The van der Waals surface area contributed by atoms with E-state index in [4.69, 9.17) is 5.73 Å². The molecule has 0 spiro atoms. The second-order valence-electron chi connectivity index (χ2n) is 1.84. The number of hydrogen-bond acceptors (Lipinski definition) is 5. The first-order chi connectivity index (χ1) is 4.54. The second kappa shape index (κ2) is 6.41. The number of carboxylic acid groups (broad SMARTS) is 2. The van der Waals surface area contributed by atoms with E-state index in [1.54, 1.807) is 0 Å². The third-order valence-corrected chi connectivity index (χ3v) is 0.962. The molecule has 11 heavy (non-hydrogen) atoms. The van der Waals surface area contributed by atoms with Crippen LogP contribution in [0.1, 0.15) is 12.8 Å². The van der Waals surface area contributed by atoms with Gasteiger partial charge in [0.15, 0.2) is 0 Å². The molecule has 6 heteroatoms. The summed E-state index contributed by atoms with van der Waals surface area (Å²) in [6.45, 7) is 0. The Kier molecular flexibility index (Phi) is 7.75. The Morgan fingerprint density at radius 2 is 1.82 bits per heavy atom. The van der Waals surface area contributed by atoms with Crippen LogP contribution >= 0.6 is 0 Å². The van der Waals surface area contributed by atoms with Crippen molar-refractivity contribution in [1.82, 2.24) is 0 Å². The predicted octanol–water partition coefficient (Wildman–Crippen LogP) is -3.79. The average molecular weight is 264 g/mol. The third-order valence-electron chi connectivity index (χ3n) is 0.962. The van der Waals surface area contributed by atoms with Crippen LogP contribution in [0.3, 0.4) is 0 Å². The Labute approximate surface area is 80.5 Å². The minimum absolute atomic E-state index is 0. The van der Waals surface area contributed by atoms with Crippen LogP contribution in [0.4, 0.5) is 0 Å². The Hall–Kier alpha value is -0.301. The molecule has 1 atom stereocenters. The zero-order valence-electron chi connectivity index (χ0n) is 5.70. The smallest absolute Gasteiger partial charge is 0.550 e. The third kappa shape index (κ3) is 7.60. The summed E-state index contributed by atoms with van der Waals surface area (Å²) < 4.78 is 0. The fraction of sp³-hybridized carbons (Fsp3) is 0.600. The van der Waals surface area contributed by atoms with Crippen LogP contribution in [-0.2, 0) is 9.59 Å². The Balaban J connectivity index is 0. The van der Waals surface area contributed by atoms with Gasteiger partial charge in [-0.2, -0.15) is 0 Å². The largest absolute Gasteiger partial charge is 2.00 e. The van der Waals surface area contributed by atoms with Gasteiger partial charge in [0.2, 0.25) is 0 Å². The molecule has 2 N–H and O–H groups in total. The number of nitrogens with two attached hydrogens (primary N) is 1.